The SMILES string of the molecule is C=CC(=O)OCc1ccc(Sc2ccc3sc4ccccc4c3c2)cc1. The molecule has 0 atom stereocenters. The molecule has 0 saturated heterocycles. The van der Waals surface area contributed by atoms with Crippen molar-refractivity contribution in [2.75, 3.05) is 0 Å². The molecule has 0 aliphatic carbocycles. The number of esters is 1. The lowest BCUT2D eigenvalue weighted by Gasteiger charge is -2.05. The minimum atomic E-state index is -0.403. The predicted octanol–water partition coefficient (Wildman–Crippen LogP) is 6.43. The zero-order valence-electron chi connectivity index (χ0n) is 14.0. The smallest absolute Gasteiger partial charge is 0.330 e. The van der Waals surface area contributed by atoms with Gasteiger partial charge in [-0.2, -0.15) is 0 Å². The summed E-state index contributed by atoms with van der Waals surface area (Å²) >= 11 is 3.56. The number of fused-ring (bicyclic) bond motifs is 3. The summed E-state index contributed by atoms with van der Waals surface area (Å²) in [6.07, 6.45) is 1.18. The maximum atomic E-state index is 11.1. The van der Waals surface area contributed by atoms with Crippen LogP contribution in [0.2, 0.25) is 0 Å². The van der Waals surface area contributed by atoms with Gasteiger partial charge in [-0.25, -0.2) is 4.79 Å². The molecule has 0 amide bonds. The monoisotopic (exact) mass is 376 g/mol. The first-order chi connectivity index (χ1) is 12.7. The van der Waals surface area contributed by atoms with Crippen LogP contribution >= 0.6 is 23.1 Å². The average molecular weight is 377 g/mol. The van der Waals surface area contributed by atoms with Crippen molar-refractivity contribution in [3.05, 3.63) is 84.9 Å². The Morgan fingerprint density at radius 3 is 2.50 bits per heavy atom. The van der Waals surface area contributed by atoms with Crippen LogP contribution in [0.4, 0.5) is 0 Å². The van der Waals surface area contributed by atoms with Gasteiger partial charge in [-0.1, -0.05) is 48.7 Å². The van der Waals surface area contributed by atoms with E-state index in [1.165, 1.54) is 31.1 Å². The van der Waals surface area contributed by atoms with E-state index in [2.05, 4.69) is 61.2 Å². The van der Waals surface area contributed by atoms with Gasteiger partial charge in [0, 0.05) is 36.0 Å². The van der Waals surface area contributed by atoms with E-state index in [1.54, 1.807) is 11.8 Å². The molecule has 0 aliphatic heterocycles. The number of hydrogen-bond acceptors (Lipinski definition) is 4. The average Bonchev–Trinajstić information content (AvgIpc) is 3.05. The lowest BCUT2D eigenvalue weighted by molar-refractivity contribution is -0.138. The van der Waals surface area contributed by atoms with Crippen LogP contribution in [0, 0.1) is 0 Å². The minimum absolute atomic E-state index is 0.267. The van der Waals surface area contributed by atoms with Crippen molar-refractivity contribution in [1.29, 1.82) is 0 Å². The molecule has 0 spiro atoms. The molecule has 128 valence electrons. The number of thiophene rings is 1. The Morgan fingerprint density at radius 1 is 0.962 bits per heavy atom. The third kappa shape index (κ3) is 3.52. The first kappa shape index (κ1) is 16.9. The van der Waals surface area contributed by atoms with Gasteiger partial charge in [0.05, 0.1) is 0 Å². The zero-order valence-corrected chi connectivity index (χ0v) is 15.6. The highest BCUT2D eigenvalue weighted by atomic mass is 32.2. The maximum absolute atomic E-state index is 11.1. The van der Waals surface area contributed by atoms with E-state index >= 15 is 0 Å². The van der Waals surface area contributed by atoms with E-state index in [-0.39, 0.29) is 6.61 Å². The summed E-state index contributed by atoms with van der Waals surface area (Å²) in [7, 11) is 0. The first-order valence-electron chi connectivity index (χ1n) is 8.20. The third-order valence-corrected chi connectivity index (χ3v) is 6.20. The van der Waals surface area contributed by atoms with Crippen molar-refractivity contribution in [2.45, 2.75) is 16.4 Å². The molecule has 1 heterocycles. The summed E-state index contributed by atoms with van der Waals surface area (Å²) in [4.78, 5) is 13.5. The van der Waals surface area contributed by atoms with Gasteiger partial charge in [-0.3, -0.25) is 0 Å². The highest BCUT2D eigenvalue weighted by Crippen LogP contribution is 2.37. The van der Waals surface area contributed by atoms with Crippen LogP contribution in [0.25, 0.3) is 20.2 Å². The molecule has 4 rings (SSSR count). The van der Waals surface area contributed by atoms with E-state index in [4.69, 9.17) is 4.74 Å². The van der Waals surface area contributed by atoms with Gasteiger partial charge in [-0.05, 0) is 42.0 Å². The topological polar surface area (TPSA) is 26.3 Å². The van der Waals surface area contributed by atoms with Crippen LogP contribution in [0.15, 0.2) is 89.2 Å². The van der Waals surface area contributed by atoms with E-state index in [0.717, 1.165) is 10.5 Å². The summed E-state index contributed by atoms with van der Waals surface area (Å²) in [6, 6.07) is 23.2. The summed E-state index contributed by atoms with van der Waals surface area (Å²) in [5, 5.41) is 2.62. The zero-order chi connectivity index (χ0) is 17.9. The first-order valence-corrected chi connectivity index (χ1v) is 9.83. The Bertz CT molecular complexity index is 1090. The van der Waals surface area contributed by atoms with E-state index in [0.29, 0.717) is 0 Å². The lowest BCUT2D eigenvalue weighted by atomic mass is 10.1. The van der Waals surface area contributed by atoms with Crippen molar-refractivity contribution < 1.29 is 9.53 Å². The number of ether oxygens (including phenoxy) is 1. The van der Waals surface area contributed by atoms with Crippen molar-refractivity contribution in [1.82, 2.24) is 0 Å². The van der Waals surface area contributed by atoms with E-state index < -0.39 is 5.97 Å². The molecule has 0 radical (unpaired) electrons. The van der Waals surface area contributed by atoms with Crippen LogP contribution in [0.5, 0.6) is 0 Å². The standard InChI is InChI=1S/C22H16O2S2/c1-2-22(23)24-14-15-7-9-16(10-8-15)25-17-11-12-21-19(13-17)18-5-3-4-6-20(18)26-21/h2-13H,1,14H2. The maximum Gasteiger partial charge on any atom is 0.330 e. The molecule has 0 saturated carbocycles. The molecule has 26 heavy (non-hydrogen) atoms. The second-order valence-corrected chi connectivity index (χ2v) is 8.04. The Labute approximate surface area is 160 Å². The van der Waals surface area contributed by atoms with E-state index in [1.807, 2.05) is 23.5 Å². The van der Waals surface area contributed by atoms with E-state index in [9.17, 15) is 4.79 Å². The molecular weight excluding hydrogens is 360 g/mol. The molecule has 1 aromatic heterocycles. The highest BCUT2D eigenvalue weighted by molar-refractivity contribution is 7.99. The Kier molecular flexibility index (Phi) is 4.78. The molecule has 0 aliphatic rings. The summed E-state index contributed by atoms with van der Waals surface area (Å²) in [6.45, 7) is 3.66. The second-order valence-electron chi connectivity index (χ2n) is 5.81. The van der Waals surface area contributed by atoms with Crippen molar-refractivity contribution in [2.24, 2.45) is 0 Å². The molecular formula is C22H16O2S2. The van der Waals surface area contributed by atoms with Gasteiger partial charge in [-0.15, -0.1) is 11.3 Å². The number of carbonyl (C=O) groups is 1. The van der Waals surface area contributed by atoms with Crippen LogP contribution in [0.3, 0.4) is 0 Å². The molecule has 2 nitrogen and oxygen atoms in total. The quantitative estimate of drug-likeness (QED) is 0.296. The second kappa shape index (κ2) is 7.36. The Balaban J connectivity index is 1.54. The molecule has 0 unspecified atom stereocenters. The van der Waals surface area contributed by atoms with Crippen LogP contribution in [-0.2, 0) is 16.1 Å². The predicted molar refractivity (Wildman–Crippen MR) is 110 cm³/mol. The number of rotatable bonds is 5. The Hall–Kier alpha value is -2.56. The summed E-state index contributed by atoms with van der Waals surface area (Å²) in [5.41, 5.74) is 0.962. The van der Waals surface area contributed by atoms with Gasteiger partial charge in [0.2, 0.25) is 0 Å². The minimum Gasteiger partial charge on any atom is -0.458 e. The van der Waals surface area contributed by atoms with Crippen molar-refractivity contribution in [3.63, 3.8) is 0 Å². The fourth-order valence-electron chi connectivity index (χ4n) is 2.77. The largest absolute Gasteiger partial charge is 0.458 e. The summed E-state index contributed by atoms with van der Waals surface area (Å²) < 4.78 is 7.69. The van der Waals surface area contributed by atoms with Crippen LogP contribution in [-0.4, -0.2) is 5.97 Å². The number of benzene rings is 3. The normalized spacial score (nSPS) is 10.9. The summed E-state index contributed by atoms with van der Waals surface area (Å²) in [5.74, 6) is -0.403. The molecule has 0 bridgehead atoms. The molecule has 0 fully saturated rings. The van der Waals surface area contributed by atoms with Crippen molar-refractivity contribution >= 4 is 49.2 Å². The lowest BCUT2D eigenvalue weighted by Crippen LogP contribution is -1.99. The molecule has 4 aromatic rings. The van der Waals surface area contributed by atoms with Crippen molar-refractivity contribution in [3.8, 4) is 0 Å². The van der Waals surface area contributed by atoms with Gasteiger partial charge < -0.3 is 4.74 Å². The van der Waals surface area contributed by atoms with Gasteiger partial charge in [0.1, 0.15) is 6.61 Å². The number of carbonyl (C=O) groups excluding carboxylic acids is 1. The fraction of sp³-hybridized carbons (Fsp3) is 0.0455. The number of hydrogen-bond donors (Lipinski definition) is 0. The van der Waals surface area contributed by atoms with Gasteiger partial charge >= 0.3 is 5.97 Å². The highest BCUT2D eigenvalue weighted by Gasteiger charge is 2.06. The van der Waals surface area contributed by atoms with Crippen LogP contribution < -0.4 is 0 Å². The molecule has 4 heteroatoms. The molecule has 0 N–H and O–H groups in total. The third-order valence-electron chi connectivity index (χ3n) is 4.05. The van der Waals surface area contributed by atoms with Gasteiger partial charge in [0.25, 0.3) is 0 Å². The molecule has 3 aromatic carbocycles. The Morgan fingerprint density at radius 2 is 1.69 bits per heavy atom. The van der Waals surface area contributed by atoms with Crippen LogP contribution in [0.1, 0.15) is 5.56 Å². The van der Waals surface area contributed by atoms with Gasteiger partial charge in [0.15, 0.2) is 0 Å². The fourth-order valence-corrected chi connectivity index (χ4v) is 4.72.